The van der Waals surface area contributed by atoms with Crippen LogP contribution in [-0.2, 0) is 4.57 Å². The second-order valence-electron chi connectivity index (χ2n) is 7.25. The van der Waals surface area contributed by atoms with Gasteiger partial charge in [-0.2, -0.15) is 0 Å². The Bertz CT molecular complexity index is 1230. The minimum Gasteiger partial charge on any atom is -0.309 e. The molecule has 0 atom stereocenters. The summed E-state index contributed by atoms with van der Waals surface area (Å²) in [4.78, 5) is 0. The third-order valence-electron chi connectivity index (χ3n) is 5.13. The zero-order valence-corrected chi connectivity index (χ0v) is 18.1. The zero-order valence-electron chi connectivity index (χ0n) is 17.2. The molecule has 0 N–H and O–H groups in total. The predicted octanol–water partition coefficient (Wildman–Crippen LogP) is 7.03. The van der Waals surface area contributed by atoms with Crippen molar-refractivity contribution in [3.8, 4) is 0 Å². The first kappa shape index (κ1) is 21.7. The van der Waals surface area contributed by atoms with Crippen LogP contribution in [0, 0.1) is 11.6 Å². The lowest BCUT2D eigenvalue weighted by Gasteiger charge is -2.23. The van der Waals surface area contributed by atoms with Gasteiger partial charge in [-0.15, -0.1) is 0 Å². The van der Waals surface area contributed by atoms with E-state index in [2.05, 4.69) is 0 Å². The molecule has 0 amide bonds. The highest BCUT2D eigenvalue weighted by atomic mass is 31.2. The molecule has 0 aromatic heterocycles. The van der Waals surface area contributed by atoms with Gasteiger partial charge in [-0.1, -0.05) is 103 Å². The summed E-state index contributed by atoms with van der Waals surface area (Å²) >= 11 is 0. The van der Waals surface area contributed by atoms with Crippen molar-refractivity contribution in [1.29, 1.82) is 0 Å². The molecule has 0 aliphatic heterocycles. The highest BCUT2D eigenvalue weighted by Crippen LogP contribution is 2.56. The van der Waals surface area contributed by atoms with Crippen LogP contribution in [0.2, 0.25) is 0 Å². The van der Waals surface area contributed by atoms with E-state index in [1.54, 1.807) is 36.4 Å². The summed E-state index contributed by atoms with van der Waals surface area (Å²) in [6.45, 7) is 0. The predicted molar refractivity (Wildman–Crippen MR) is 130 cm³/mol. The van der Waals surface area contributed by atoms with E-state index in [-0.39, 0.29) is 11.6 Å². The van der Waals surface area contributed by atoms with Crippen LogP contribution in [-0.4, -0.2) is 0 Å². The van der Waals surface area contributed by atoms with Crippen LogP contribution >= 0.6 is 7.14 Å². The topological polar surface area (TPSA) is 17.1 Å². The van der Waals surface area contributed by atoms with E-state index in [1.807, 2.05) is 66.7 Å². The fourth-order valence-electron chi connectivity index (χ4n) is 3.53. The number of halogens is 2. The number of hydrogen-bond donors (Lipinski definition) is 0. The molecule has 0 radical (unpaired) electrons. The van der Waals surface area contributed by atoms with Gasteiger partial charge in [-0.3, -0.25) is 0 Å². The molecule has 1 nitrogen and oxygen atoms in total. The first-order valence-corrected chi connectivity index (χ1v) is 11.9. The summed E-state index contributed by atoms with van der Waals surface area (Å²) in [5.74, 6) is -0.661. The molecule has 0 saturated heterocycles. The molecule has 4 heteroatoms. The third kappa shape index (κ3) is 4.69. The minimum absolute atomic E-state index is 0.303. The zero-order chi connectivity index (χ0) is 22.4. The highest BCUT2D eigenvalue weighted by molar-refractivity contribution is 7.87. The van der Waals surface area contributed by atoms with Gasteiger partial charge in [-0.25, -0.2) is 8.78 Å². The maximum Gasteiger partial charge on any atom is 0.171 e. The van der Waals surface area contributed by atoms with Gasteiger partial charge >= 0.3 is 0 Å². The number of rotatable bonds is 6. The Hall–Kier alpha value is -3.55. The summed E-state index contributed by atoms with van der Waals surface area (Å²) < 4.78 is 41.7. The van der Waals surface area contributed by atoms with Gasteiger partial charge in [-0.05, 0) is 35.4 Å². The number of hydrogen-bond acceptors (Lipinski definition) is 1. The van der Waals surface area contributed by atoms with Crippen LogP contribution in [0.1, 0.15) is 11.1 Å². The van der Waals surface area contributed by atoms with E-state index < -0.39 is 7.14 Å². The average Bonchev–Trinajstić information content (AvgIpc) is 2.84. The lowest BCUT2D eigenvalue weighted by Crippen LogP contribution is -2.17. The van der Waals surface area contributed by atoms with Crippen LogP contribution in [0.3, 0.4) is 0 Å². The third-order valence-corrected chi connectivity index (χ3v) is 8.27. The summed E-state index contributed by atoms with van der Waals surface area (Å²) in [6, 6.07) is 30.8. The quantitative estimate of drug-likeness (QED) is 0.231. The molecule has 0 aliphatic carbocycles. The van der Waals surface area contributed by atoms with Gasteiger partial charge in [0, 0.05) is 15.9 Å². The smallest absolute Gasteiger partial charge is 0.171 e. The Labute approximate surface area is 186 Å². The van der Waals surface area contributed by atoms with Crippen molar-refractivity contribution in [3.05, 3.63) is 144 Å². The Morgan fingerprint density at radius 3 is 1.59 bits per heavy atom. The molecule has 158 valence electrons. The Morgan fingerprint density at radius 1 is 0.625 bits per heavy atom. The fourth-order valence-corrected chi connectivity index (χ4v) is 6.38. The summed E-state index contributed by atoms with van der Waals surface area (Å²) in [7, 11) is -3.27. The Morgan fingerprint density at radius 2 is 1.09 bits per heavy atom. The van der Waals surface area contributed by atoms with Crippen molar-refractivity contribution in [2.75, 3.05) is 0 Å². The average molecular weight is 442 g/mol. The van der Waals surface area contributed by atoms with Crippen LogP contribution < -0.4 is 10.6 Å². The number of benzene rings is 4. The van der Waals surface area contributed by atoms with Gasteiger partial charge < -0.3 is 4.57 Å². The number of allylic oxidation sites excluding steroid dienone is 2. The second-order valence-corrected chi connectivity index (χ2v) is 9.98. The largest absolute Gasteiger partial charge is 0.309 e. The van der Waals surface area contributed by atoms with E-state index in [1.165, 1.54) is 24.3 Å². The maximum atomic E-state index is 14.8. The van der Waals surface area contributed by atoms with Crippen molar-refractivity contribution in [2.24, 2.45) is 0 Å². The molecule has 0 spiro atoms. The monoisotopic (exact) mass is 442 g/mol. The van der Waals surface area contributed by atoms with Crippen LogP contribution in [0.5, 0.6) is 0 Å². The van der Waals surface area contributed by atoms with Crippen LogP contribution in [0.25, 0.3) is 11.4 Å². The Kier molecular flexibility index (Phi) is 6.58. The van der Waals surface area contributed by atoms with Gasteiger partial charge in [0.05, 0.1) is 0 Å². The second kappa shape index (κ2) is 9.72. The van der Waals surface area contributed by atoms with Crippen molar-refractivity contribution >= 4 is 29.1 Å². The first-order valence-electron chi connectivity index (χ1n) is 10.2. The molecule has 0 aliphatic rings. The van der Waals surface area contributed by atoms with Gasteiger partial charge in [0.15, 0.2) is 7.14 Å². The van der Waals surface area contributed by atoms with Gasteiger partial charge in [0.1, 0.15) is 11.6 Å². The SMILES string of the molecule is O=P(/C(=C/C=C/c1ccc(F)cc1)c1ccc(F)cc1)(c1ccccc1)c1ccccc1. The van der Waals surface area contributed by atoms with Crippen LogP contribution in [0.15, 0.2) is 121 Å². The summed E-state index contributed by atoms with van der Waals surface area (Å²) in [5, 5.41) is 1.97. The molecule has 4 aromatic carbocycles. The molecule has 0 fully saturated rings. The minimum atomic E-state index is -3.27. The molecule has 4 rings (SSSR count). The summed E-state index contributed by atoms with van der Waals surface area (Å²) in [6.07, 6.45) is 5.42. The van der Waals surface area contributed by atoms with Crippen molar-refractivity contribution in [1.82, 2.24) is 0 Å². The van der Waals surface area contributed by atoms with Crippen LogP contribution in [0.4, 0.5) is 8.78 Å². The fraction of sp³-hybridized carbons (Fsp3) is 0. The molecule has 0 unspecified atom stereocenters. The lowest BCUT2D eigenvalue weighted by molar-refractivity contribution is 0.593. The first-order chi connectivity index (χ1) is 15.6. The molecular formula is C28H21F2OP. The highest BCUT2D eigenvalue weighted by Gasteiger charge is 2.32. The van der Waals surface area contributed by atoms with E-state index >= 15 is 0 Å². The Balaban J connectivity index is 1.90. The molecule has 0 bridgehead atoms. The molecule has 32 heavy (non-hydrogen) atoms. The van der Waals surface area contributed by atoms with Crippen molar-refractivity contribution in [2.45, 2.75) is 0 Å². The molecule has 0 saturated carbocycles. The molecule has 0 heterocycles. The van der Waals surface area contributed by atoms with E-state index in [4.69, 9.17) is 0 Å². The maximum absolute atomic E-state index is 14.8. The molecule has 4 aromatic rings. The normalized spacial score (nSPS) is 12.2. The standard InChI is InChI=1S/C28H21F2OP/c29-24-18-14-22(15-19-24)8-7-13-28(23-16-20-25(30)21-17-23)32(31,26-9-3-1-4-10-26)27-11-5-2-6-12-27/h1-21H/b8-7+,28-13+. The van der Waals surface area contributed by atoms with Crippen molar-refractivity contribution in [3.63, 3.8) is 0 Å². The van der Waals surface area contributed by atoms with E-state index in [9.17, 15) is 13.3 Å². The van der Waals surface area contributed by atoms with Gasteiger partial charge in [0.25, 0.3) is 0 Å². The summed E-state index contributed by atoms with van der Waals surface area (Å²) in [5.41, 5.74) is 1.49. The van der Waals surface area contributed by atoms with E-state index in [0.29, 0.717) is 21.5 Å². The lowest BCUT2D eigenvalue weighted by atomic mass is 10.2. The van der Waals surface area contributed by atoms with Gasteiger partial charge in [0.2, 0.25) is 0 Å². The molecular weight excluding hydrogens is 421 g/mol. The van der Waals surface area contributed by atoms with Crippen molar-refractivity contribution < 1.29 is 13.3 Å². The van der Waals surface area contributed by atoms with E-state index in [0.717, 1.165) is 5.56 Å².